The summed E-state index contributed by atoms with van der Waals surface area (Å²) in [5, 5.41) is 4.18. The highest BCUT2D eigenvalue weighted by Gasteiger charge is 2.29. The third-order valence-electron chi connectivity index (χ3n) is 5.33. The van der Waals surface area contributed by atoms with E-state index >= 15 is 0 Å². The quantitative estimate of drug-likeness (QED) is 0.534. The zero-order valence-corrected chi connectivity index (χ0v) is 17.9. The van der Waals surface area contributed by atoms with E-state index in [0.29, 0.717) is 25.0 Å². The van der Waals surface area contributed by atoms with Crippen molar-refractivity contribution in [2.24, 2.45) is 5.92 Å². The van der Waals surface area contributed by atoms with Gasteiger partial charge >= 0.3 is 0 Å². The summed E-state index contributed by atoms with van der Waals surface area (Å²) in [5.74, 6) is 3.66. The predicted octanol–water partition coefficient (Wildman–Crippen LogP) is 4.80. The fourth-order valence-corrected chi connectivity index (χ4v) is 3.93. The standard InChI is InChI=1S/C24H29N3O3/c1-17(2)13-23-25-24(30-26-23)16-27(15-18-7-5-4-6-8-18)21-11-12-29-22-10-9-19(28-3)14-20(21)22/h4-10,14,17,21H,11-13,15-16H2,1-3H3/t21-/m0/s1. The van der Waals surface area contributed by atoms with E-state index in [1.165, 1.54) is 5.56 Å². The molecular formula is C24H29N3O3. The van der Waals surface area contributed by atoms with Crippen LogP contribution in [0.2, 0.25) is 0 Å². The molecule has 0 saturated heterocycles. The number of nitrogens with zero attached hydrogens (tertiary/aromatic N) is 3. The molecule has 0 N–H and O–H groups in total. The van der Waals surface area contributed by atoms with Crippen molar-refractivity contribution in [3.8, 4) is 11.5 Å². The molecule has 6 nitrogen and oxygen atoms in total. The zero-order chi connectivity index (χ0) is 20.9. The first-order chi connectivity index (χ1) is 14.6. The third kappa shape index (κ3) is 4.82. The first-order valence-corrected chi connectivity index (χ1v) is 10.5. The number of rotatable bonds is 8. The lowest BCUT2D eigenvalue weighted by molar-refractivity contribution is 0.113. The molecule has 0 radical (unpaired) electrons. The number of hydrogen-bond donors (Lipinski definition) is 0. The van der Waals surface area contributed by atoms with Gasteiger partial charge in [-0.2, -0.15) is 4.98 Å². The van der Waals surface area contributed by atoms with Gasteiger partial charge in [0.2, 0.25) is 5.89 Å². The molecule has 2 aromatic carbocycles. The molecule has 4 rings (SSSR count). The fraction of sp³-hybridized carbons (Fsp3) is 0.417. The van der Waals surface area contributed by atoms with Crippen LogP contribution >= 0.6 is 0 Å². The Morgan fingerprint density at radius 2 is 1.97 bits per heavy atom. The highest BCUT2D eigenvalue weighted by molar-refractivity contribution is 5.43. The highest BCUT2D eigenvalue weighted by Crippen LogP contribution is 2.39. The van der Waals surface area contributed by atoms with E-state index in [1.807, 2.05) is 18.2 Å². The fourth-order valence-electron chi connectivity index (χ4n) is 3.93. The Morgan fingerprint density at radius 3 is 2.73 bits per heavy atom. The van der Waals surface area contributed by atoms with Crippen molar-refractivity contribution >= 4 is 0 Å². The number of methoxy groups -OCH3 is 1. The normalized spacial score (nSPS) is 15.8. The van der Waals surface area contributed by atoms with Crippen molar-refractivity contribution in [1.82, 2.24) is 15.0 Å². The van der Waals surface area contributed by atoms with Gasteiger partial charge in [0.25, 0.3) is 0 Å². The molecule has 0 saturated carbocycles. The van der Waals surface area contributed by atoms with Crippen molar-refractivity contribution in [1.29, 1.82) is 0 Å². The van der Waals surface area contributed by atoms with Gasteiger partial charge < -0.3 is 14.0 Å². The molecule has 6 heteroatoms. The van der Waals surface area contributed by atoms with Crippen LogP contribution in [-0.2, 0) is 19.5 Å². The highest BCUT2D eigenvalue weighted by atomic mass is 16.5. The lowest BCUT2D eigenvalue weighted by Gasteiger charge is -2.35. The minimum absolute atomic E-state index is 0.171. The summed E-state index contributed by atoms with van der Waals surface area (Å²) in [6.45, 7) is 6.36. The second-order valence-corrected chi connectivity index (χ2v) is 8.15. The van der Waals surface area contributed by atoms with Gasteiger partial charge in [0.15, 0.2) is 5.82 Å². The van der Waals surface area contributed by atoms with E-state index in [2.05, 4.69) is 59.2 Å². The summed E-state index contributed by atoms with van der Waals surface area (Å²) in [6, 6.07) is 16.7. The van der Waals surface area contributed by atoms with Crippen molar-refractivity contribution in [3.63, 3.8) is 0 Å². The summed E-state index contributed by atoms with van der Waals surface area (Å²) in [7, 11) is 1.69. The van der Waals surface area contributed by atoms with E-state index in [0.717, 1.165) is 42.3 Å². The van der Waals surface area contributed by atoms with Crippen molar-refractivity contribution in [2.45, 2.75) is 45.8 Å². The SMILES string of the molecule is COc1ccc2c(c1)[C@@H](N(Cc1ccccc1)Cc1nc(CC(C)C)no1)CCO2. The predicted molar refractivity (Wildman–Crippen MR) is 114 cm³/mol. The van der Waals surface area contributed by atoms with Gasteiger partial charge in [-0.3, -0.25) is 4.90 Å². The Balaban J connectivity index is 1.63. The molecule has 0 amide bonds. The smallest absolute Gasteiger partial charge is 0.240 e. The number of benzene rings is 2. The van der Waals surface area contributed by atoms with Gasteiger partial charge in [0, 0.05) is 31.0 Å². The maximum atomic E-state index is 5.92. The van der Waals surface area contributed by atoms with Crippen LogP contribution in [0.1, 0.15) is 49.2 Å². The second-order valence-electron chi connectivity index (χ2n) is 8.15. The molecule has 30 heavy (non-hydrogen) atoms. The molecule has 158 valence electrons. The maximum Gasteiger partial charge on any atom is 0.240 e. The molecule has 1 atom stereocenters. The molecule has 0 spiro atoms. The molecule has 0 fully saturated rings. The Morgan fingerprint density at radius 1 is 1.13 bits per heavy atom. The average Bonchev–Trinajstić information content (AvgIpc) is 3.19. The van der Waals surface area contributed by atoms with Gasteiger partial charge in [0.1, 0.15) is 11.5 Å². The van der Waals surface area contributed by atoms with Crippen molar-refractivity contribution in [3.05, 3.63) is 71.4 Å². The summed E-state index contributed by atoms with van der Waals surface area (Å²) >= 11 is 0. The number of ether oxygens (including phenoxy) is 2. The van der Waals surface area contributed by atoms with E-state index in [9.17, 15) is 0 Å². The van der Waals surface area contributed by atoms with Crippen LogP contribution in [-0.4, -0.2) is 28.8 Å². The van der Waals surface area contributed by atoms with E-state index in [1.54, 1.807) is 7.11 Å². The van der Waals surface area contributed by atoms with Crippen LogP contribution < -0.4 is 9.47 Å². The summed E-state index contributed by atoms with van der Waals surface area (Å²) < 4.78 is 17.0. The van der Waals surface area contributed by atoms with Crippen LogP contribution in [0.3, 0.4) is 0 Å². The van der Waals surface area contributed by atoms with Gasteiger partial charge in [0.05, 0.1) is 20.3 Å². The molecule has 0 aliphatic carbocycles. The average molecular weight is 408 g/mol. The molecule has 2 heterocycles. The van der Waals surface area contributed by atoms with Gasteiger partial charge in [-0.05, 0) is 29.7 Å². The Hall–Kier alpha value is -2.86. The summed E-state index contributed by atoms with van der Waals surface area (Å²) in [6.07, 6.45) is 1.71. The Labute approximate surface area is 177 Å². The third-order valence-corrected chi connectivity index (χ3v) is 5.33. The van der Waals surface area contributed by atoms with Crippen LogP contribution in [0, 0.1) is 5.92 Å². The van der Waals surface area contributed by atoms with Crippen LogP contribution in [0.5, 0.6) is 11.5 Å². The van der Waals surface area contributed by atoms with Crippen molar-refractivity contribution in [2.75, 3.05) is 13.7 Å². The molecule has 1 aliphatic rings. The van der Waals surface area contributed by atoms with Gasteiger partial charge in [-0.1, -0.05) is 49.3 Å². The molecule has 1 aromatic heterocycles. The largest absolute Gasteiger partial charge is 0.497 e. The Bertz CT molecular complexity index is 955. The van der Waals surface area contributed by atoms with E-state index < -0.39 is 0 Å². The topological polar surface area (TPSA) is 60.6 Å². The maximum absolute atomic E-state index is 5.92. The van der Waals surface area contributed by atoms with E-state index in [4.69, 9.17) is 14.0 Å². The minimum atomic E-state index is 0.171. The van der Waals surface area contributed by atoms with Crippen molar-refractivity contribution < 1.29 is 14.0 Å². The summed E-state index contributed by atoms with van der Waals surface area (Å²) in [4.78, 5) is 7.03. The zero-order valence-electron chi connectivity index (χ0n) is 17.9. The number of hydrogen-bond acceptors (Lipinski definition) is 6. The summed E-state index contributed by atoms with van der Waals surface area (Å²) in [5.41, 5.74) is 2.38. The van der Waals surface area contributed by atoms with Crippen LogP contribution in [0.15, 0.2) is 53.1 Å². The minimum Gasteiger partial charge on any atom is -0.497 e. The number of fused-ring (bicyclic) bond motifs is 1. The lowest BCUT2D eigenvalue weighted by atomic mass is 9.97. The lowest BCUT2D eigenvalue weighted by Crippen LogP contribution is -2.32. The molecule has 1 aliphatic heterocycles. The second kappa shape index (κ2) is 9.30. The first kappa shape index (κ1) is 20.4. The van der Waals surface area contributed by atoms with Crippen LogP contribution in [0.25, 0.3) is 0 Å². The molecule has 0 unspecified atom stereocenters. The number of aromatic nitrogens is 2. The Kier molecular flexibility index (Phi) is 6.33. The molecular weight excluding hydrogens is 378 g/mol. The molecule has 3 aromatic rings. The van der Waals surface area contributed by atoms with Gasteiger partial charge in [-0.15, -0.1) is 0 Å². The van der Waals surface area contributed by atoms with Crippen LogP contribution in [0.4, 0.5) is 0 Å². The monoisotopic (exact) mass is 407 g/mol. The first-order valence-electron chi connectivity index (χ1n) is 10.5. The molecule has 0 bridgehead atoms. The van der Waals surface area contributed by atoms with Gasteiger partial charge in [-0.25, -0.2) is 0 Å². The van der Waals surface area contributed by atoms with E-state index in [-0.39, 0.29) is 6.04 Å².